The highest BCUT2D eigenvalue weighted by molar-refractivity contribution is 5.31. The topological polar surface area (TPSA) is 58.9 Å². The van der Waals surface area contributed by atoms with Gasteiger partial charge in [0.05, 0.1) is 30.7 Å². The summed E-state index contributed by atoms with van der Waals surface area (Å²) in [5.41, 5.74) is 2.38. The van der Waals surface area contributed by atoms with E-state index in [2.05, 4.69) is 43.0 Å². The smallest absolute Gasteiger partial charge is 0.144 e. The number of rotatable bonds is 7. The standard InChI is InChI=1S/C16H24N6/c1-2-3-4-7-21-8-9-22-15(13-21)10-14(20-22)11-19-16-12-17-5-6-18-16/h5-6,10,12H,2-4,7-9,11,13H2,1H3,(H,18,19). The Morgan fingerprint density at radius 3 is 3.00 bits per heavy atom. The molecular weight excluding hydrogens is 276 g/mol. The fourth-order valence-corrected chi connectivity index (χ4v) is 2.81. The predicted octanol–water partition coefficient (Wildman–Crippen LogP) is 2.29. The van der Waals surface area contributed by atoms with Crippen LogP contribution in [0.2, 0.25) is 0 Å². The molecule has 1 aliphatic rings. The highest BCUT2D eigenvalue weighted by Gasteiger charge is 2.17. The molecule has 0 unspecified atom stereocenters. The van der Waals surface area contributed by atoms with Gasteiger partial charge in [-0.15, -0.1) is 0 Å². The van der Waals surface area contributed by atoms with Crippen LogP contribution in [0.5, 0.6) is 0 Å². The molecule has 118 valence electrons. The van der Waals surface area contributed by atoms with Crippen molar-refractivity contribution in [3.8, 4) is 0 Å². The Balaban J connectivity index is 1.54. The fraction of sp³-hybridized carbons (Fsp3) is 0.562. The lowest BCUT2D eigenvalue weighted by Crippen LogP contribution is -2.34. The maximum atomic E-state index is 4.68. The third-order valence-corrected chi connectivity index (χ3v) is 4.02. The molecule has 3 heterocycles. The zero-order valence-corrected chi connectivity index (χ0v) is 13.2. The first-order chi connectivity index (χ1) is 10.8. The summed E-state index contributed by atoms with van der Waals surface area (Å²) in [7, 11) is 0. The molecule has 22 heavy (non-hydrogen) atoms. The van der Waals surface area contributed by atoms with Crippen LogP contribution in [-0.2, 0) is 19.6 Å². The van der Waals surface area contributed by atoms with Crippen LogP contribution in [0.15, 0.2) is 24.7 Å². The molecule has 0 spiro atoms. The van der Waals surface area contributed by atoms with Gasteiger partial charge in [0.2, 0.25) is 0 Å². The first kappa shape index (κ1) is 15.0. The van der Waals surface area contributed by atoms with Crippen LogP contribution in [0.25, 0.3) is 0 Å². The molecule has 1 N–H and O–H groups in total. The lowest BCUT2D eigenvalue weighted by atomic mass is 10.2. The fourth-order valence-electron chi connectivity index (χ4n) is 2.81. The van der Waals surface area contributed by atoms with Crippen LogP contribution >= 0.6 is 0 Å². The monoisotopic (exact) mass is 300 g/mol. The molecule has 0 saturated heterocycles. The zero-order chi connectivity index (χ0) is 15.2. The average Bonchev–Trinajstić information content (AvgIpc) is 2.96. The molecule has 1 aliphatic heterocycles. The van der Waals surface area contributed by atoms with Gasteiger partial charge in [0.15, 0.2) is 0 Å². The lowest BCUT2D eigenvalue weighted by Gasteiger charge is -2.27. The highest BCUT2D eigenvalue weighted by atomic mass is 15.3. The van der Waals surface area contributed by atoms with E-state index in [0.29, 0.717) is 6.54 Å². The second kappa shape index (κ2) is 7.35. The predicted molar refractivity (Wildman–Crippen MR) is 86.4 cm³/mol. The van der Waals surface area contributed by atoms with Crippen molar-refractivity contribution in [3.05, 3.63) is 36.0 Å². The van der Waals surface area contributed by atoms with E-state index in [1.165, 1.54) is 31.5 Å². The van der Waals surface area contributed by atoms with E-state index in [9.17, 15) is 0 Å². The third kappa shape index (κ3) is 3.82. The van der Waals surface area contributed by atoms with Gasteiger partial charge in [-0.25, -0.2) is 4.98 Å². The van der Waals surface area contributed by atoms with Crippen molar-refractivity contribution < 1.29 is 0 Å². The number of nitrogens with zero attached hydrogens (tertiary/aromatic N) is 5. The molecule has 0 atom stereocenters. The van der Waals surface area contributed by atoms with Gasteiger partial charge < -0.3 is 5.32 Å². The van der Waals surface area contributed by atoms with Gasteiger partial charge in [-0.05, 0) is 19.0 Å². The molecular formula is C16H24N6. The molecule has 2 aromatic rings. The molecule has 2 aromatic heterocycles. The quantitative estimate of drug-likeness (QED) is 0.795. The third-order valence-electron chi connectivity index (χ3n) is 4.02. The molecule has 6 nitrogen and oxygen atoms in total. The minimum Gasteiger partial charge on any atom is -0.363 e. The van der Waals surface area contributed by atoms with Crippen molar-refractivity contribution in [1.82, 2.24) is 24.6 Å². The molecule has 0 saturated carbocycles. The van der Waals surface area contributed by atoms with Crippen molar-refractivity contribution in [2.75, 3.05) is 18.4 Å². The minimum absolute atomic E-state index is 0.689. The summed E-state index contributed by atoms with van der Waals surface area (Å²) in [4.78, 5) is 10.8. The molecule has 6 heteroatoms. The number of fused-ring (bicyclic) bond motifs is 1. The van der Waals surface area contributed by atoms with Gasteiger partial charge in [0, 0.05) is 25.5 Å². The molecule has 0 aromatic carbocycles. The average molecular weight is 300 g/mol. The van der Waals surface area contributed by atoms with Crippen molar-refractivity contribution in [3.63, 3.8) is 0 Å². The van der Waals surface area contributed by atoms with Crippen LogP contribution < -0.4 is 5.32 Å². The number of anilines is 1. The van der Waals surface area contributed by atoms with Crippen molar-refractivity contribution >= 4 is 5.82 Å². The Labute approximate surface area is 131 Å². The number of aromatic nitrogens is 4. The van der Waals surface area contributed by atoms with Crippen LogP contribution in [0.1, 0.15) is 37.6 Å². The number of hydrogen-bond donors (Lipinski definition) is 1. The zero-order valence-electron chi connectivity index (χ0n) is 13.2. The van der Waals surface area contributed by atoms with Crippen molar-refractivity contribution in [2.45, 2.75) is 45.8 Å². The van der Waals surface area contributed by atoms with Crippen molar-refractivity contribution in [1.29, 1.82) is 0 Å². The summed E-state index contributed by atoms with van der Waals surface area (Å²) < 4.78 is 2.14. The van der Waals surface area contributed by atoms with Crippen LogP contribution in [0.3, 0.4) is 0 Å². The second-order valence-corrected chi connectivity index (χ2v) is 5.78. The second-order valence-electron chi connectivity index (χ2n) is 5.78. The maximum absolute atomic E-state index is 4.68. The summed E-state index contributed by atoms with van der Waals surface area (Å²) in [6.45, 7) is 7.26. The first-order valence-electron chi connectivity index (χ1n) is 8.13. The Morgan fingerprint density at radius 2 is 2.18 bits per heavy atom. The minimum atomic E-state index is 0.689. The summed E-state index contributed by atoms with van der Waals surface area (Å²) in [6, 6.07) is 2.20. The van der Waals surface area contributed by atoms with Gasteiger partial charge in [-0.2, -0.15) is 5.10 Å². The van der Waals surface area contributed by atoms with E-state index in [1.54, 1.807) is 18.6 Å². The van der Waals surface area contributed by atoms with E-state index in [4.69, 9.17) is 0 Å². The van der Waals surface area contributed by atoms with Crippen LogP contribution in [-0.4, -0.2) is 37.7 Å². The SMILES string of the molecule is CCCCCN1CCn2nc(CNc3cnccn3)cc2C1. The van der Waals surface area contributed by atoms with E-state index in [1.807, 2.05) is 0 Å². The molecule has 0 bridgehead atoms. The van der Waals surface area contributed by atoms with Gasteiger partial charge >= 0.3 is 0 Å². The molecule has 0 aliphatic carbocycles. The molecule has 3 rings (SSSR count). The largest absolute Gasteiger partial charge is 0.363 e. The van der Waals surface area contributed by atoms with E-state index >= 15 is 0 Å². The first-order valence-corrected chi connectivity index (χ1v) is 8.13. The van der Waals surface area contributed by atoms with Gasteiger partial charge in [0.25, 0.3) is 0 Å². The Bertz CT molecular complexity index is 580. The maximum Gasteiger partial charge on any atom is 0.144 e. The highest BCUT2D eigenvalue weighted by Crippen LogP contribution is 2.15. The Morgan fingerprint density at radius 1 is 1.23 bits per heavy atom. The Hall–Kier alpha value is -1.95. The summed E-state index contributed by atoms with van der Waals surface area (Å²) >= 11 is 0. The summed E-state index contributed by atoms with van der Waals surface area (Å²) in [6.07, 6.45) is 8.99. The molecule has 0 amide bonds. The number of hydrogen-bond acceptors (Lipinski definition) is 5. The van der Waals surface area contributed by atoms with Gasteiger partial charge in [-0.3, -0.25) is 14.6 Å². The van der Waals surface area contributed by atoms with Crippen LogP contribution in [0, 0.1) is 0 Å². The van der Waals surface area contributed by atoms with E-state index in [-0.39, 0.29) is 0 Å². The lowest BCUT2D eigenvalue weighted by molar-refractivity contribution is 0.209. The molecule has 0 fully saturated rings. The van der Waals surface area contributed by atoms with Gasteiger partial charge in [0.1, 0.15) is 5.82 Å². The number of unbranched alkanes of at least 4 members (excludes halogenated alkanes) is 2. The van der Waals surface area contributed by atoms with Gasteiger partial charge in [-0.1, -0.05) is 19.8 Å². The Kier molecular flexibility index (Phi) is 5.00. The normalized spacial score (nSPS) is 14.8. The molecule has 0 radical (unpaired) electrons. The van der Waals surface area contributed by atoms with E-state index < -0.39 is 0 Å². The summed E-state index contributed by atoms with van der Waals surface area (Å²) in [5, 5.41) is 7.94. The van der Waals surface area contributed by atoms with Crippen LogP contribution in [0.4, 0.5) is 5.82 Å². The van der Waals surface area contributed by atoms with E-state index in [0.717, 1.165) is 31.1 Å². The van der Waals surface area contributed by atoms with Crippen molar-refractivity contribution in [2.24, 2.45) is 0 Å². The summed E-state index contributed by atoms with van der Waals surface area (Å²) in [5.74, 6) is 0.787. The number of nitrogens with one attached hydrogen (secondary N) is 1.